The van der Waals surface area contributed by atoms with Gasteiger partial charge in [0.05, 0.1) is 0 Å². The second kappa shape index (κ2) is 5.62. The van der Waals surface area contributed by atoms with Crippen LogP contribution in [0.4, 0.5) is 0 Å². The largest absolute Gasteiger partial charge is 0.294 e. The van der Waals surface area contributed by atoms with Crippen molar-refractivity contribution in [3.63, 3.8) is 0 Å². The number of rotatable bonds is 3. The predicted molar refractivity (Wildman–Crippen MR) is 80.8 cm³/mol. The molecule has 0 bridgehead atoms. The van der Waals surface area contributed by atoms with Crippen LogP contribution in [-0.4, -0.2) is 5.78 Å². The molecule has 0 fully saturated rings. The van der Waals surface area contributed by atoms with Gasteiger partial charge < -0.3 is 0 Å². The molecule has 19 heavy (non-hydrogen) atoms. The van der Waals surface area contributed by atoms with Gasteiger partial charge in [0.1, 0.15) is 0 Å². The lowest BCUT2D eigenvalue weighted by Gasteiger charge is -2.18. The van der Waals surface area contributed by atoms with Gasteiger partial charge in [0.2, 0.25) is 0 Å². The van der Waals surface area contributed by atoms with Crippen molar-refractivity contribution in [1.82, 2.24) is 0 Å². The third kappa shape index (κ3) is 3.48. The van der Waals surface area contributed by atoms with Crippen molar-refractivity contribution in [3.8, 4) is 0 Å². The first-order valence-electron chi connectivity index (χ1n) is 6.35. The molecule has 2 heteroatoms. The van der Waals surface area contributed by atoms with Gasteiger partial charge in [-0.2, -0.15) is 0 Å². The van der Waals surface area contributed by atoms with Crippen molar-refractivity contribution in [3.05, 3.63) is 60.2 Å². The standard InChI is InChI=1S/C17H18OS/c1-17(2,3)16(18)14-11-7-8-12-15(14)19-13-9-5-4-6-10-13/h4-12H,1-3H3. The van der Waals surface area contributed by atoms with Gasteiger partial charge in [-0.25, -0.2) is 0 Å². The lowest BCUT2D eigenvalue weighted by Crippen LogP contribution is -2.20. The van der Waals surface area contributed by atoms with Crippen LogP contribution >= 0.6 is 11.8 Å². The van der Waals surface area contributed by atoms with E-state index >= 15 is 0 Å². The SMILES string of the molecule is CC(C)(C)C(=O)c1ccccc1Sc1ccccc1. The Hall–Kier alpha value is -1.54. The van der Waals surface area contributed by atoms with E-state index in [1.807, 2.05) is 63.2 Å². The molecule has 0 radical (unpaired) electrons. The Morgan fingerprint density at radius 2 is 1.47 bits per heavy atom. The molecule has 0 aliphatic carbocycles. The van der Waals surface area contributed by atoms with Gasteiger partial charge in [-0.15, -0.1) is 0 Å². The number of ketones is 1. The number of benzene rings is 2. The van der Waals surface area contributed by atoms with Crippen LogP contribution in [-0.2, 0) is 0 Å². The normalized spacial score (nSPS) is 11.3. The van der Waals surface area contributed by atoms with Gasteiger partial charge in [0.25, 0.3) is 0 Å². The van der Waals surface area contributed by atoms with Crippen LogP contribution in [0, 0.1) is 5.41 Å². The van der Waals surface area contributed by atoms with Gasteiger partial charge in [0, 0.05) is 20.8 Å². The Balaban J connectivity index is 2.35. The van der Waals surface area contributed by atoms with E-state index in [1.54, 1.807) is 11.8 Å². The van der Waals surface area contributed by atoms with Gasteiger partial charge in [-0.1, -0.05) is 68.9 Å². The maximum Gasteiger partial charge on any atom is 0.169 e. The molecule has 0 saturated carbocycles. The first-order valence-corrected chi connectivity index (χ1v) is 7.17. The van der Waals surface area contributed by atoms with Gasteiger partial charge in [0.15, 0.2) is 5.78 Å². The molecule has 2 aromatic carbocycles. The number of hydrogen-bond donors (Lipinski definition) is 0. The summed E-state index contributed by atoms with van der Waals surface area (Å²) in [5.74, 6) is 0.187. The lowest BCUT2D eigenvalue weighted by atomic mass is 9.86. The second-order valence-corrected chi connectivity index (χ2v) is 6.61. The second-order valence-electron chi connectivity index (χ2n) is 5.49. The molecule has 1 nitrogen and oxygen atoms in total. The molecule has 0 atom stereocenters. The summed E-state index contributed by atoms with van der Waals surface area (Å²) in [6.07, 6.45) is 0. The number of Topliss-reactive ketones (excluding diaryl/α,β-unsaturated/α-hetero) is 1. The maximum atomic E-state index is 12.5. The molecule has 0 heterocycles. The Morgan fingerprint density at radius 1 is 0.895 bits per heavy atom. The maximum absolute atomic E-state index is 12.5. The minimum Gasteiger partial charge on any atom is -0.294 e. The van der Waals surface area contributed by atoms with Crippen molar-refractivity contribution in [1.29, 1.82) is 0 Å². The fraction of sp³-hybridized carbons (Fsp3) is 0.235. The van der Waals surface area contributed by atoms with Crippen molar-refractivity contribution >= 4 is 17.5 Å². The Labute approximate surface area is 119 Å². The van der Waals surface area contributed by atoms with E-state index in [0.29, 0.717) is 0 Å². The zero-order valence-corrected chi connectivity index (χ0v) is 12.3. The molecule has 0 aromatic heterocycles. The highest BCUT2D eigenvalue weighted by Gasteiger charge is 2.24. The van der Waals surface area contributed by atoms with Crippen LogP contribution in [0.5, 0.6) is 0 Å². The highest BCUT2D eigenvalue weighted by molar-refractivity contribution is 7.99. The van der Waals surface area contributed by atoms with Gasteiger partial charge in [-0.05, 0) is 18.2 Å². The van der Waals surface area contributed by atoms with Gasteiger partial charge in [-0.3, -0.25) is 4.79 Å². The quantitative estimate of drug-likeness (QED) is 0.725. The molecule has 2 rings (SSSR count). The molecule has 0 aliphatic heterocycles. The van der Waals surface area contributed by atoms with Crippen molar-refractivity contribution in [2.75, 3.05) is 0 Å². The van der Waals surface area contributed by atoms with Crippen LogP contribution < -0.4 is 0 Å². The van der Waals surface area contributed by atoms with Crippen LogP contribution in [0.2, 0.25) is 0 Å². The van der Waals surface area contributed by atoms with E-state index in [9.17, 15) is 4.79 Å². The molecular formula is C17H18OS. The summed E-state index contributed by atoms with van der Waals surface area (Å²) in [6, 6.07) is 18.0. The molecule has 0 N–H and O–H groups in total. The Bertz CT molecular complexity index is 567. The zero-order chi connectivity index (χ0) is 13.9. The van der Waals surface area contributed by atoms with Crippen LogP contribution in [0.3, 0.4) is 0 Å². The molecule has 98 valence electrons. The summed E-state index contributed by atoms with van der Waals surface area (Å²) in [5.41, 5.74) is 0.455. The number of hydrogen-bond acceptors (Lipinski definition) is 2. The third-order valence-electron chi connectivity index (χ3n) is 2.78. The monoisotopic (exact) mass is 270 g/mol. The first-order chi connectivity index (χ1) is 8.98. The fourth-order valence-electron chi connectivity index (χ4n) is 1.76. The summed E-state index contributed by atoms with van der Waals surface area (Å²) in [7, 11) is 0. The smallest absolute Gasteiger partial charge is 0.169 e. The summed E-state index contributed by atoms with van der Waals surface area (Å²) >= 11 is 1.64. The molecular weight excluding hydrogens is 252 g/mol. The lowest BCUT2D eigenvalue weighted by molar-refractivity contribution is 0.0855. The fourth-order valence-corrected chi connectivity index (χ4v) is 2.73. The average Bonchev–Trinajstić information content (AvgIpc) is 2.39. The number of carbonyl (C=O) groups excluding carboxylic acids is 1. The molecule has 2 aromatic rings. The molecule has 0 amide bonds. The topological polar surface area (TPSA) is 17.1 Å². The third-order valence-corrected chi connectivity index (χ3v) is 3.87. The molecule has 0 spiro atoms. The van der Waals surface area contributed by atoms with Crippen molar-refractivity contribution < 1.29 is 4.79 Å². The van der Waals surface area contributed by atoms with E-state index in [2.05, 4.69) is 12.1 Å². The highest BCUT2D eigenvalue weighted by Crippen LogP contribution is 2.33. The first kappa shape index (κ1) is 13.9. The summed E-state index contributed by atoms with van der Waals surface area (Å²) < 4.78 is 0. The zero-order valence-electron chi connectivity index (χ0n) is 11.5. The van der Waals surface area contributed by atoms with Gasteiger partial charge >= 0.3 is 0 Å². The Kier molecular flexibility index (Phi) is 4.11. The highest BCUT2D eigenvalue weighted by atomic mass is 32.2. The summed E-state index contributed by atoms with van der Waals surface area (Å²) in [4.78, 5) is 14.6. The van der Waals surface area contributed by atoms with Crippen LogP contribution in [0.1, 0.15) is 31.1 Å². The minimum absolute atomic E-state index is 0.187. The number of carbonyl (C=O) groups is 1. The van der Waals surface area contributed by atoms with E-state index < -0.39 is 0 Å². The van der Waals surface area contributed by atoms with E-state index in [-0.39, 0.29) is 11.2 Å². The van der Waals surface area contributed by atoms with Crippen molar-refractivity contribution in [2.24, 2.45) is 5.41 Å². The van der Waals surface area contributed by atoms with Crippen LogP contribution in [0.15, 0.2) is 64.4 Å². The van der Waals surface area contributed by atoms with Crippen molar-refractivity contribution in [2.45, 2.75) is 30.6 Å². The van der Waals surface area contributed by atoms with E-state index in [4.69, 9.17) is 0 Å². The predicted octanol–water partition coefficient (Wildman–Crippen LogP) is 5.07. The summed E-state index contributed by atoms with van der Waals surface area (Å²) in [6.45, 7) is 5.87. The summed E-state index contributed by atoms with van der Waals surface area (Å²) in [5, 5.41) is 0. The van der Waals surface area contributed by atoms with Crippen LogP contribution in [0.25, 0.3) is 0 Å². The molecule has 0 saturated heterocycles. The molecule has 0 aliphatic rings. The average molecular weight is 270 g/mol. The van der Waals surface area contributed by atoms with E-state index in [1.165, 1.54) is 0 Å². The molecule has 0 unspecified atom stereocenters. The van der Waals surface area contributed by atoms with E-state index in [0.717, 1.165) is 15.4 Å². The minimum atomic E-state index is -0.354. The Morgan fingerprint density at radius 3 is 2.11 bits per heavy atom.